The molecule has 0 bridgehead atoms. The molecule has 0 saturated carbocycles. The number of benzene rings is 1. The third-order valence-electron chi connectivity index (χ3n) is 3.62. The Bertz CT molecular complexity index is 567. The summed E-state index contributed by atoms with van der Waals surface area (Å²) in [6, 6.07) is 7.40. The molecule has 1 fully saturated rings. The number of anilines is 1. The summed E-state index contributed by atoms with van der Waals surface area (Å²) in [5, 5.41) is 2.59. The fourth-order valence-corrected chi connectivity index (χ4v) is 2.30. The molecule has 0 unspecified atom stereocenters. The van der Waals surface area contributed by atoms with Gasteiger partial charge in [-0.2, -0.15) is 0 Å². The van der Waals surface area contributed by atoms with Gasteiger partial charge in [-0.05, 0) is 24.1 Å². The Hall–Kier alpha value is -2.37. The Morgan fingerprint density at radius 1 is 1.23 bits per heavy atom. The van der Waals surface area contributed by atoms with E-state index in [-0.39, 0.29) is 30.7 Å². The monoisotopic (exact) mass is 303 g/mol. The predicted octanol–water partition coefficient (Wildman–Crippen LogP) is 0.560. The van der Waals surface area contributed by atoms with E-state index < -0.39 is 0 Å². The van der Waals surface area contributed by atoms with Gasteiger partial charge in [0.1, 0.15) is 0 Å². The number of amides is 3. The first-order chi connectivity index (χ1) is 10.5. The van der Waals surface area contributed by atoms with Crippen LogP contribution in [0.4, 0.5) is 5.69 Å². The first kappa shape index (κ1) is 16.0. The molecular formula is C16H21N3O3. The molecule has 0 atom stereocenters. The van der Waals surface area contributed by atoms with Crippen LogP contribution in [0, 0.1) is 0 Å². The van der Waals surface area contributed by atoms with Crippen molar-refractivity contribution in [3.63, 3.8) is 0 Å². The summed E-state index contributed by atoms with van der Waals surface area (Å²) < 4.78 is 0. The number of hydrogen-bond donors (Lipinski definition) is 1. The van der Waals surface area contributed by atoms with E-state index in [0.717, 1.165) is 24.2 Å². The summed E-state index contributed by atoms with van der Waals surface area (Å²) in [5.41, 5.74) is 1.72. The van der Waals surface area contributed by atoms with Gasteiger partial charge < -0.3 is 15.1 Å². The minimum atomic E-state index is -0.194. The topological polar surface area (TPSA) is 69.7 Å². The Morgan fingerprint density at radius 3 is 2.45 bits per heavy atom. The third kappa shape index (κ3) is 4.07. The van der Waals surface area contributed by atoms with Crippen molar-refractivity contribution in [3.8, 4) is 0 Å². The van der Waals surface area contributed by atoms with Gasteiger partial charge >= 0.3 is 0 Å². The molecule has 1 N–H and O–H groups in total. The van der Waals surface area contributed by atoms with Gasteiger partial charge in [0.05, 0.1) is 13.0 Å². The van der Waals surface area contributed by atoms with Crippen LogP contribution in [0.1, 0.15) is 18.4 Å². The number of likely N-dealkylation sites (N-methyl/N-ethyl adjacent to an activating group) is 1. The lowest BCUT2D eigenvalue weighted by atomic mass is 10.1. The maximum Gasteiger partial charge on any atom is 0.241 e. The zero-order chi connectivity index (χ0) is 16.1. The standard InChI is InChI=1S/C16H21N3O3/c1-18(2)16(22)11-17-14(20)10-12-5-7-13(8-6-12)19-9-3-4-15(19)21/h5-8H,3-4,9-11H2,1-2H3,(H,17,20). The van der Waals surface area contributed by atoms with Gasteiger partial charge in [-0.25, -0.2) is 0 Å². The summed E-state index contributed by atoms with van der Waals surface area (Å²) in [4.78, 5) is 38.0. The van der Waals surface area contributed by atoms with Gasteiger partial charge in [0, 0.05) is 32.7 Å². The highest BCUT2D eigenvalue weighted by Crippen LogP contribution is 2.21. The molecule has 1 aliphatic heterocycles. The van der Waals surface area contributed by atoms with E-state index in [1.165, 1.54) is 4.90 Å². The number of carbonyl (C=O) groups is 3. The van der Waals surface area contributed by atoms with Crippen LogP contribution >= 0.6 is 0 Å². The summed E-state index contributed by atoms with van der Waals surface area (Å²) in [7, 11) is 3.29. The summed E-state index contributed by atoms with van der Waals surface area (Å²) in [5.74, 6) is -0.191. The van der Waals surface area contributed by atoms with Crippen LogP contribution in [-0.4, -0.2) is 49.8 Å². The smallest absolute Gasteiger partial charge is 0.241 e. The van der Waals surface area contributed by atoms with Crippen LogP contribution in [0.25, 0.3) is 0 Å². The molecule has 1 heterocycles. The van der Waals surface area contributed by atoms with E-state index >= 15 is 0 Å². The van der Waals surface area contributed by atoms with Crippen molar-refractivity contribution in [2.24, 2.45) is 0 Å². The molecule has 2 rings (SSSR count). The predicted molar refractivity (Wildman–Crippen MR) is 83.4 cm³/mol. The molecule has 0 aliphatic carbocycles. The Balaban J connectivity index is 1.87. The summed E-state index contributed by atoms with van der Waals surface area (Å²) in [6.07, 6.45) is 1.71. The molecule has 3 amide bonds. The highest BCUT2D eigenvalue weighted by atomic mass is 16.2. The number of rotatable bonds is 5. The van der Waals surface area contributed by atoms with Crippen molar-refractivity contribution in [1.82, 2.24) is 10.2 Å². The lowest BCUT2D eigenvalue weighted by Crippen LogP contribution is -2.36. The highest BCUT2D eigenvalue weighted by Gasteiger charge is 2.21. The van der Waals surface area contributed by atoms with E-state index in [9.17, 15) is 14.4 Å². The molecule has 118 valence electrons. The maximum atomic E-state index is 11.8. The average Bonchev–Trinajstić information content (AvgIpc) is 2.91. The van der Waals surface area contributed by atoms with E-state index in [2.05, 4.69) is 5.32 Å². The van der Waals surface area contributed by atoms with Crippen molar-refractivity contribution in [2.75, 3.05) is 32.1 Å². The van der Waals surface area contributed by atoms with Gasteiger partial charge in [-0.15, -0.1) is 0 Å². The highest BCUT2D eigenvalue weighted by molar-refractivity contribution is 5.95. The zero-order valence-corrected chi connectivity index (χ0v) is 13.0. The molecule has 1 aromatic carbocycles. The second-order valence-electron chi connectivity index (χ2n) is 5.56. The third-order valence-corrected chi connectivity index (χ3v) is 3.62. The van der Waals surface area contributed by atoms with Crippen LogP contribution in [0.15, 0.2) is 24.3 Å². The van der Waals surface area contributed by atoms with Crippen LogP contribution in [0.2, 0.25) is 0 Å². The first-order valence-corrected chi connectivity index (χ1v) is 7.33. The van der Waals surface area contributed by atoms with Crippen molar-refractivity contribution in [2.45, 2.75) is 19.3 Å². The van der Waals surface area contributed by atoms with E-state index in [0.29, 0.717) is 6.42 Å². The molecule has 6 nitrogen and oxygen atoms in total. The van der Waals surface area contributed by atoms with Gasteiger partial charge in [0.2, 0.25) is 17.7 Å². The lowest BCUT2D eigenvalue weighted by Gasteiger charge is -2.16. The zero-order valence-electron chi connectivity index (χ0n) is 13.0. The van der Waals surface area contributed by atoms with Crippen molar-refractivity contribution >= 4 is 23.4 Å². The van der Waals surface area contributed by atoms with E-state index in [1.54, 1.807) is 19.0 Å². The number of nitrogens with one attached hydrogen (secondary N) is 1. The SMILES string of the molecule is CN(C)C(=O)CNC(=O)Cc1ccc(N2CCCC2=O)cc1. The quantitative estimate of drug-likeness (QED) is 0.864. The van der Waals surface area contributed by atoms with Gasteiger partial charge in [0.25, 0.3) is 0 Å². The second-order valence-corrected chi connectivity index (χ2v) is 5.56. The molecular weight excluding hydrogens is 282 g/mol. The molecule has 6 heteroatoms. The van der Waals surface area contributed by atoms with Crippen LogP contribution < -0.4 is 10.2 Å². The number of carbonyl (C=O) groups excluding carboxylic acids is 3. The van der Waals surface area contributed by atoms with E-state index in [1.807, 2.05) is 24.3 Å². The number of nitrogens with zero attached hydrogens (tertiary/aromatic N) is 2. The largest absolute Gasteiger partial charge is 0.347 e. The minimum absolute atomic E-state index is 0.00615. The molecule has 1 saturated heterocycles. The summed E-state index contributed by atoms with van der Waals surface area (Å²) in [6.45, 7) is 0.761. The lowest BCUT2D eigenvalue weighted by molar-refractivity contribution is -0.130. The maximum absolute atomic E-state index is 11.8. The molecule has 22 heavy (non-hydrogen) atoms. The van der Waals surface area contributed by atoms with Crippen molar-refractivity contribution in [3.05, 3.63) is 29.8 Å². The Labute approximate surface area is 130 Å². The molecule has 1 aliphatic rings. The van der Waals surface area contributed by atoms with Crippen molar-refractivity contribution < 1.29 is 14.4 Å². The normalized spacial score (nSPS) is 14.1. The Morgan fingerprint density at radius 2 is 1.91 bits per heavy atom. The number of hydrogen-bond acceptors (Lipinski definition) is 3. The van der Waals surface area contributed by atoms with Crippen LogP contribution in [-0.2, 0) is 20.8 Å². The van der Waals surface area contributed by atoms with Gasteiger partial charge in [-0.3, -0.25) is 14.4 Å². The van der Waals surface area contributed by atoms with Crippen LogP contribution in [0.5, 0.6) is 0 Å². The van der Waals surface area contributed by atoms with Crippen molar-refractivity contribution in [1.29, 1.82) is 0 Å². The molecule has 0 aromatic heterocycles. The fraction of sp³-hybridized carbons (Fsp3) is 0.438. The van der Waals surface area contributed by atoms with Crippen LogP contribution in [0.3, 0.4) is 0 Å². The summed E-state index contributed by atoms with van der Waals surface area (Å²) >= 11 is 0. The van der Waals surface area contributed by atoms with Gasteiger partial charge in [-0.1, -0.05) is 12.1 Å². The fourth-order valence-electron chi connectivity index (χ4n) is 2.30. The second kappa shape index (κ2) is 7.06. The molecule has 0 radical (unpaired) electrons. The average molecular weight is 303 g/mol. The first-order valence-electron chi connectivity index (χ1n) is 7.33. The minimum Gasteiger partial charge on any atom is -0.347 e. The van der Waals surface area contributed by atoms with Gasteiger partial charge in [0.15, 0.2) is 0 Å². The molecule has 1 aromatic rings. The Kier molecular flexibility index (Phi) is 5.14. The molecule has 0 spiro atoms. The van der Waals surface area contributed by atoms with E-state index in [4.69, 9.17) is 0 Å².